The number of benzene rings is 1. The van der Waals surface area contributed by atoms with Gasteiger partial charge in [-0.25, -0.2) is 0 Å². The summed E-state index contributed by atoms with van der Waals surface area (Å²) >= 11 is 0. The molecule has 1 saturated carbocycles. The molecule has 1 atom stereocenters. The summed E-state index contributed by atoms with van der Waals surface area (Å²) in [5.74, 6) is -0.949. The standard InChI is InChI=1S/C22H26N4O5/c27-18-6-5-17(20(29)24-18)26-12-15-14(21(26)30)3-1-4-16(15)23-11-19(28)25-9-10-31-22(13-25)7-2-8-22/h1,3-4,17,23H,2,5-13H2,(H,24,27,29). The fraction of sp³-hybridized carbons (Fsp3) is 0.545. The summed E-state index contributed by atoms with van der Waals surface area (Å²) in [6, 6.07) is 4.70. The number of imide groups is 1. The summed E-state index contributed by atoms with van der Waals surface area (Å²) in [5.41, 5.74) is 1.89. The first kappa shape index (κ1) is 20.0. The topological polar surface area (TPSA) is 108 Å². The molecule has 3 aliphatic heterocycles. The zero-order valence-electron chi connectivity index (χ0n) is 17.3. The SMILES string of the molecule is O=C1CCC(N2Cc3c(NCC(=O)N4CCOC5(CCC5)C4)cccc3C2=O)C(=O)N1. The van der Waals surface area contributed by atoms with Crippen LogP contribution in [0.3, 0.4) is 0 Å². The van der Waals surface area contributed by atoms with Crippen molar-refractivity contribution in [3.8, 4) is 0 Å². The van der Waals surface area contributed by atoms with Gasteiger partial charge in [-0.1, -0.05) is 6.07 Å². The molecule has 4 aliphatic rings. The van der Waals surface area contributed by atoms with E-state index in [2.05, 4.69) is 10.6 Å². The number of rotatable bonds is 4. The second kappa shape index (κ2) is 7.64. The monoisotopic (exact) mass is 426 g/mol. The minimum absolute atomic E-state index is 0.0125. The third-order valence-corrected chi connectivity index (χ3v) is 6.88. The number of carbonyl (C=O) groups excluding carboxylic acids is 4. The van der Waals surface area contributed by atoms with Gasteiger partial charge in [-0.3, -0.25) is 24.5 Å². The molecule has 3 heterocycles. The van der Waals surface area contributed by atoms with Crippen molar-refractivity contribution in [1.29, 1.82) is 0 Å². The Morgan fingerprint density at radius 3 is 2.84 bits per heavy atom. The number of anilines is 1. The van der Waals surface area contributed by atoms with Gasteiger partial charge in [-0.05, 0) is 37.8 Å². The molecule has 3 fully saturated rings. The zero-order chi connectivity index (χ0) is 21.6. The number of piperidine rings is 1. The van der Waals surface area contributed by atoms with Gasteiger partial charge in [0, 0.05) is 42.9 Å². The van der Waals surface area contributed by atoms with Crippen LogP contribution in [0.4, 0.5) is 5.69 Å². The van der Waals surface area contributed by atoms with Crippen molar-refractivity contribution in [2.45, 2.75) is 50.3 Å². The average Bonchev–Trinajstić information content (AvgIpc) is 3.08. The minimum Gasteiger partial charge on any atom is -0.376 e. The third-order valence-electron chi connectivity index (χ3n) is 6.88. The number of carbonyl (C=O) groups is 4. The predicted molar refractivity (Wildman–Crippen MR) is 110 cm³/mol. The Morgan fingerprint density at radius 2 is 2.10 bits per heavy atom. The molecule has 4 amide bonds. The molecule has 1 spiro atoms. The van der Waals surface area contributed by atoms with E-state index in [9.17, 15) is 19.2 Å². The largest absolute Gasteiger partial charge is 0.376 e. The second-order valence-corrected chi connectivity index (χ2v) is 8.79. The molecule has 1 aromatic carbocycles. The highest BCUT2D eigenvalue weighted by atomic mass is 16.5. The normalized spacial score (nSPS) is 24.6. The fourth-order valence-corrected chi connectivity index (χ4v) is 4.97. The number of hydrogen-bond donors (Lipinski definition) is 2. The smallest absolute Gasteiger partial charge is 0.255 e. The van der Waals surface area contributed by atoms with Gasteiger partial charge in [0.2, 0.25) is 17.7 Å². The highest BCUT2D eigenvalue weighted by molar-refractivity contribution is 6.06. The van der Waals surface area contributed by atoms with Gasteiger partial charge in [0.25, 0.3) is 5.91 Å². The first-order valence-electron chi connectivity index (χ1n) is 10.9. The van der Waals surface area contributed by atoms with Crippen LogP contribution in [0.15, 0.2) is 18.2 Å². The summed E-state index contributed by atoms with van der Waals surface area (Å²) in [5, 5.41) is 5.52. The van der Waals surface area contributed by atoms with Gasteiger partial charge in [0.05, 0.1) is 18.8 Å². The van der Waals surface area contributed by atoms with Crippen molar-refractivity contribution in [1.82, 2.24) is 15.1 Å². The van der Waals surface area contributed by atoms with Crippen LogP contribution in [-0.4, -0.2) is 71.3 Å². The summed E-state index contributed by atoms with van der Waals surface area (Å²) in [4.78, 5) is 52.8. The lowest BCUT2D eigenvalue weighted by Gasteiger charge is -2.48. The fourth-order valence-electron chi connectivity index (χ4n) is 4.97. The van der Waals surface area contributed by atoms with Crippen molar-refractivity contribution in [2.24, 2.45) is 0 Å². The van der Waals surface area contributed by atoms with E-state index in [0.29, 0.717) is 31.7 Å². The molecule has 0 bridgehead atoms. The van der Waals surface area contributed by atoms with Gasteiger partial charge < -0.3 is 19.9 Å². The maximum absolute atomic E-state index is 12.9. The number of ether oxygens (including phenoxy) is 1. The molecular formula is C22H26N4O5. The number of morpholine rings is 1. The number of nitrogens with one attached hydrogen (secondary N) is 2. The number of amides is 4. The molecular weight excluding hydrogens is 400 g/mol. The molecule has 5 rings (SSSR count). The first-order chi connectivity index (χ1) is 15.0. The Balaban J connectivity index is 1.26. The van der Waals surface area contributed by atoms with E-state index < -0.39 is 11.9 Å². The van der Waals surface area contributed by atoms with Crippen LogP contribution in [-0.2, 0) is 25.7 Å². The molecule has 9 nitrogen and oxygen atoms in total. The van der Waals surface area contributed by atoms with Crippen molar-refractivity contribution >= 4 is 29.3 Å². The molecule has 9 heteroatoms. The van der Waals surface area contributed by atoms with E-state index in [0.717, 1.165) is 30.5 Å². The van der Waals surface area contributed by atoms with E-state index in [-0.39, 0.29) is 42.8 Å². The van der Waals surface area contributed by atoms with Crippen LogP contribution >= 0.6 is 0 Å². The van der Waals surface area contributed by atoms with Crippen LogP contribution in [0.2, 0.25) is 0 Å². The Labute approximate surface area is 180 Å². The molecule has 31 heavy (non-hydrogen) atoms. The van der Waals surface area contributed by atoms with Crippen LogP contribution in [0.5, 0.6) is 0 Å². The van der Waals surface area contributed by atoms with Crippen LogP contribution in [0.25, 0.3) is 0 Å². The maximum atomic E-state index is 12.9. The van der Waals surface area contributed by atoms with Crippen molar-refractivity contribution < 1.29 is 23.9 Å². The van der Waals surface area contributed by atoms with E-state index in [1.54, 1.807) is 12.1 Å². The molecule has 1 aliphatic carbocycles. The average molecular weight is 426 g/mol. The van der Waals surface area contributed by atoms with E-state index >= 15 is 0 Å². The maximum Gasteiger partial charge on any atom is 0.255 e. The Kier molecular flexibility index (Phi) is 4.92. The Bertz CT molecular complexity index is 957. The molecule has 1 aromatic rings. The van der Waals surface area contributed by atoms with Crippen molar-refractivity contribution in [3.63, 3.8) is 0 Å². The lowest BCUT2D eigenvalue weighted by atomic mass is 9.79. The van der Waals surface area contributed by atoms with Crippen LogP contribution in [0.1, 0.15) is 48.0 Å². The predicted octanol–water partition coefficient (Wildman–Crippen LogP) is 0.641. The lowest BCUT2D eigenvalue weighted by Crippen LogP contribution is -2.57. The summed E-state index contributed by atoms with van der Waals surface area (Å²) in [7, 11) is 0. The van der Waals surface area contributed by atoms with Crippen molar-refractivity contribution in [3.05, 3.63) is 29.3 Å². The Morgan fingerprint density at radius 1 is 1.26 bits per heavy atom. The van der Waals surface area contributed by atoms with Gasteiger partial charge in [-0.2, -0.15) is 0 Å². The molecule has 0 radical (unpaired) electrons. The van der Waals surface area contributed by atoms with Gasteiger partial charge >= 0.3 is 0 Å². The molecule has 1 unspecified atom stereocenters. The van der Waals surface area contributed by atoms with Crippen molar-refractivity contribution in [2.75, 3.05) is 31.6 Å². The van der Waals surface area contributed by atoms with Gasteiger partial charge in [0.15, 0.2) is 0 Å². The summed E-state index contributed by atoms with van der Waals surface area (Å²) in [6.45, 7) is 2.22. The van der Waals surface area contributed by atoms with E-state index in [1.165, 1.54) is 4.90 Å². The van der Waals surface area contributed by atoms with E-state index in [4.69, 9.17) is 4.74 Å². The number of nitrogens with zero attached hydrogens (tertiary/aromatic N) is 2. The number of hydrogen-bond acceptors (Lipinski definition) is 6. The first-order valence-corrected chi connectivity index (χ1v) is 10.9. The molecule has 0 aromatic heterocycles. The quantitative estimate of drug-likeness (QED) is 0.685. The molecule has 164 valence electrons. The minimum atomic E-state index is -0.654. The summed E-state index contributed by atoms with van der Waals surface area (Å²) < 4.78 is 5.89. The lowest BCUT2D eigenvalue weighted by molar-refractivity contribution is -0.166. The Hall–Kier alpha value is -2.94. The van der Waals surface area contributed by atoms with Crippen LogP contribution < -0.4 is 10.6 Å². The highest BCUT2D eigenvalue weighted by Gasteiger charge is 2.43. The summed E-state index contributed by atoms with van der Waals surface area (Å²) in [6.07, 6.45) is 3.71. The zero-order valence-corrected chi connectivity index (χ0v) is 17.3. The highest BCUT2D eigenvalue weighted by Crippen LogP contribution is 2.38. The van der Waals surface area contributed by atoms with Gasteiger partial charge in [-0.15, -0.1) is 0 Å². The molecule has 2 saturated heterocycles. The molecule has 2 N–H and O–H groups in total. The van der Waals surface area contributed by atoms with Gasteiger partial charge in [0.1, 0.15) is 6.04 Å². The number of fused-ring (bicyclic) bond motifs is 1. The van der Waals surface area contributed by atoms with Crippen LogP contribution in [0, 0.1) is 0 Å². The third kappa shape index (κ3) is 3.56. The second-order valence-electron chi connectivity index (χ2n) is 8.79. The van der Waals surface area contributed by atoms with E-state index in [1.807, 2.05) is 11.0 Å².